The third-order valence-corrected chi connectivity index (χ3v) is 3.33. The van der Waals surface area contributed by atoms with Gasteiger partial charge in [-0.25, -0.2) is 4.68 Å². The van der Waals surface area contributed by atoms with Crippen molar-refractivity contribution in [3.63, 3.8) is 0 Å². The summed E-state index contributed by atoms with van der Waals surface area (Å²) in [5.41, 5.74) is 1.73. The van der Waals surface area contributed by atoms with E-state index in [1.54, 1.807) is 6.20 Å². The van der Waals surface area contributed by atoms with Crippen molar-refractivity contribution in [1.29, 1.82) is 0 Å². The molecule has 1 N–H and O–H groups in total. The number of rotatable bonds is 5. The summed E-state index contributed by atoms with van der Waals surface area (Å²) >= 11 is 0. The molecule has 6 heteroatoms. The second-order valence-corrected chi connectivity index (χ2v) is 4.82. The van der Waals surface area contributed by atoms with Gasteiger partial charge in [-0.1, -0.05) is 36.4 Å². The third kappa shape index (κ3) is 2.44. The number of nitrogens with one attached hydrogen (secondary N) is 1. The second kappa shape index (κ2) is 5.87. The van der Waals surface area contributed by atoms with Crippen LogP contribution >= 0.6 is 0 Å². The zero-order valence-electron chi connectivity index (χ0n) is 12.2. The van der Waals surface area contributed by atoms with Crippen molar-refractivity contribution >= 4 is 16.6 Å². The Morgan fingerprint density at radius 1 is 1.10 bits per heavy atom. The lowest BCUT2D eigenvalue weighted by Gasteiger charge is -2.10. The van der Waals surface area contributed by atoms with E-state index in [9.17, 15) is 0 Å². The molecule has 0 radical (unpaired) electrons. The fourth-order valence-corrected chi connectivity index (χ4v) is 2.41. The second-order valence-electron chi connectivity index (χ2n) is 4.82. The molecule has 0 aliphatic carbocycles. The van der Waals surface area contributed by atoms with Crippen molar-refractivity contribution in [1.82, 2.24) is 25.2 Å². The molecular formula is C15H18N6. The molecule has 0 aliphatic rings. The fraction of sp³-hybridized carbons (Fsp3) is 0.333. The van der Waals surface area contributed by atoms with Crippen LogP contribution in [0.1, 0.15) is 20.3 Å². The van der Waals surface area contributed by atoms with Crippen LogP contribution in [0.5, 0.6) is 0 Å². The lowest BCUT2D eigenvalue weighted by atomic mass is 10.1. The van der Waals surface area contributed by atoms with Crippen molar-refractivity contribution in [3.8, 4) is 11.4 Å². The predicted octanol–water partition coefficient (Wildman–Crippen LogP) is 2.73. The number of fused-ring (bicyclic) bond motifs is 1. The lowest BCUT2D eigenvalue weighted by molar-refractivity contribution is 0.583. The normalized spacial score (nSPS) is 11.0. The zero-order valence-corrected chi connectivity index (χ0v) is 12.2. The molecule has 0 spiro atoms. The van der Waals surface area contributed by atoms with E-state index in [0.29, 0.717) is 0 Å². The summed E-state index contributed by atoms with van der Waals surface area (Å²) in [5.74, 6) is 0.811. The third-order valence-electron chi connectivity index (χ3n) is 3.33. The molecule has 2 aromatic heterocycles. The highest BCUT2D eigenvalue weighted by molar-refractivity contribution is 5.99. The molecule has 0 aliphatic heterocycles. The van der Waals surface area contributed by atoms with Gasteiger partial charge in [0.05, 0.1) is 6.20 Å². The van der Waals surface area contributed by atoms with Crippen molar-refractivity contribution in [3.05, 3.63) is 30.5 Å². The average Bonchev–Trinajstić information content (AvgIpc) is 2.96. The first-order valence-corrected chi connectivity index (χ1v) is 7.23. The molecule has 1 aromatic carbocycles. The number of anilines is 1. The van der Waals surface area contributed by atoms with Gasteiger partial charge in [-0.2, -0.15) is 0 Å². The summed E-state index contributed by atoms with van der Waals surface area (Å²) in [6.45, 7) is 5.79. The van der Waals surface area contributed by atoms with E-state index >= 15 is 0 Å². The number of nitrogens with zero attached hydrogens (tertiary/aromatic N) is 5. The molecule has 3 aromatic rings. The van der Waals surface area contributed by atoms with E-state index < -0.39 is 0 Å². The number of hydrogen-bond acceptors (Lipinski definition) is 5. The van der Waals surface area contributed by atoms with Crippen LogP contribution in [0, 0.1) is 0 Å². The molecule has 0 saturated carbocycles. The highest BCUT2D eigenvalue weighted by atomic mass is 15.4. The number of benzene rings is 1. The van der Waals surface area contributed by atoms with Gasteiger partial charge in [-0.3, -0.25) is 0 Å². The first-order valence-electron chi connectivity index (χ1n) is 7.23. The molecule has 0 bridgehead atoms. The van der Waals surface area contributed by atoms with Gasteiger partial charge in [0.2, 0.25) is 0 Å². The van der Waals surface area contributed by atoms with Gasteiger partial charge in [0.25, 0.3) is 0 Å². The Bertz CT molecular complexity index is 749. The summed E-state index contributed by atoms with van der Waals surface area (Å²) in [5, 5.41) is 22.2. The van der Waals surface area contributed by atoms with Gasteiger partial charge in [-0.15, -0.1) is 15.3 Å². The molecule has 6 nitrogen and oxygen atoms in total. The van der Waals surface area contributed by atoms with Crippen LogP contribution in [0.3, 0.4) is 0 Å². The van der Waals surface area contributed by atoms with Crippen molar-refractivity contribution in [2.24, 2.45) is 0 Å². The Hall–Kier alpha value is -2.50. The van der Waals surface area contributed by atoms with E-state index in [1.807, 2.05) is 23.7 Å². The minimum Gasteiger partial charge on any atom is -0.368 e. The topological polar surface area (TPSA) is 68.5 Å². The van der Waals surface area contributed by atoms with Crippen molar-refractivity contribution in [2.45, 2.75) is 26.8 Å². The van der Waals surface area contributed by atoms with E-state index in [1.165, 1.54) is 0 Å². The minimum absolute atomic E-state index is 0.811. The van der Waals surface area contributed by atoms with Crippen LogP contribution in [0.25, 0.3) is 22.2 Å². The van der Waals surface area contributed by atoms with Crippen LogP contribution in [0.2, 0.25) is 0 Å². The Morgan fingerprint density at radius 2 is 1.90 bits per heavy atom. The first kappa shape index (κ1) is 13.5. The van der Waals surface area contributed by atoms with Crippen LogP contribution in [-0.4, -0.2) is 31.7 Å². The molecule has 0 saturated heterocycles. The maximum Gasteiger partial charge on any atom is 0.156 e. The van der Waals surface area contributed by atoms with Gasteiger partial charge < -0.3 is 5.32 Å². The predicted molar refractivity (Wildman–Crippen MR) is 83.0 cm³/mol. The monoisotopic (exact) mass is 282 g/mol. The highest BCUT2D eigenvalue weighted by Crippen LogP contribution is 2.29. The molecule has 108 valence electrons. The van der Waals surface area contributed by atoms with Gasteiger partial charge in [0.1, 0.15) is 11.4 Å². The number of hydrogen-bond donors (Lipinski definition) is 1. The summed E-state index contributed by atoms with van der Waals surface area (Å²) in [7, 11) is 0. The lowest BCUT2D eigenvalue weighted by Crippen LogP contribution is -2.06. The Morgan fingerprint density at radius 3 is 2.67 bits per heavy atom. The molecule has 0 atom stereocenters. The smallest absolute Gasteiger partial charge is 0.156 e. The number of aryl methyl sites for hydroxylation is 1. The summed E-state index contributed by atoms with van der Waals surface area (Å²) in [6.07, 6.45) is 2.75. The quantitative estimate of drug-likeness (QED) is 0.779. The van der Waals surface area contributed by atoms with Crippen LogP contribution in [0.4, 0.5) is 5.82 Å². The molecule has 21 heavy (non-hydrogen) atoms. The van der Waals surface area contributed by atoms with Crippen molar-refractivity contribution in [2.75, 3.05) is 11.9 Å². The van der Waals surface area contributed by atoms with Gasteiger partial charge in [-0.05, 0) is 13.3 Å². The van der Waals surface area contributed by atoms with Crippen LogP contribution < -0.4 is 5.32 Å². The summed E-state index contributed by atoms with van der Waals surface area (Å²) in [6, 6.07) is 8.14. The standard InChI is InChI=1S/C15H18N6/c1-3-9-21-13(10-17-20-21)14-11-7-5-6-8-12(11)15(16-4-2)19-18-14/h5-8,10H,3-4,9H2,1-2H3,(H,16,19). The SMILES string of the molecule is CCCn1nncc1-c1nnc(NCC)c2ccccc12. The molecule has 0 amide bonds. The van der Waals surface area contributed by atoms with Crippen molar-refractivity contribution < 1.29 is 0 Å². The molecule has 0 unspecified atom stereocenters. The van der Waals surface area contributed by atoms with Crippen LogP contribution in [0.15, 0.2) is 30.5 Å². The zero-order chi connectivity index (χ0) is 14.7. The van der Waals surface area contributed by atoms with Gasteiger partial charge in [0, 0.05) is 23.9 Å². The van der Waals surface area contributed by atoms with E-state index in [4.69, 9.17) is 0 Å². The Balaban J connectivity index is 2.19. The maximum absolute atomic E-state index is 4.40. The van der Waals surface area contributed by atoms with Gasteiger partial charge in [0.15, 0.2) is 5.82 Å². The molecule has 3 rings (SSSR count). The Kier molecular flexibility index (Phi) is 3.77. The molecule has 0 fully saturated rings. The van der Waals surface area contributed by atoms with Gasteiger partial charge >= 0.3 is 0 Å². The van der Waals surface area contributed by atoms with E-state index in [2.05, 4.69) is 44.9 Å². The summed E-state index contributed by atoms with van der Waals surface area (Å²) < 4.78 is 1.88. The minimum atomic E-state index is 0.811. The number of aromatic nitrogens is 5. The molecule has 2 heterocycles. The average molecular weight is 282 g/mol. The summed E-state index contributed by atoms with van der Waals surface area (Å²) in [4.78, 5) is 0. The Labute approximate surface area is 123 Å². The highest BCUT2D eigenvalue weighted by Gasteiger charge is 2.14. The van der Waals surface area contributed by atoms with E-state index in [-0.39, 0.29) is 0 Å². The first-order chi connectivity index (χ1) is 10.3. The van der Waals surface area contributed by atoms with E-state index in [0.717, 1.165) is 47.5 Å². The fourth-order valence-electron chi connectivity index (χ4n) is 2.41. The molecular weight excluding hydrogens is 264 g/mol. The van der Waals surface area contributed by atoms with Crippen LogP contribution in [-0.2, 0) is 6.54 Å². The largest absolute Gasteiger partial charge is 0.368 e. The maximum atomic E-state index is 4.40.